The minimum Gasteiger partial charge on any atom is -0.379 e. The van der Waals surface area contributed by atoms with Gasteiger partial charge in [-0.05, 0) is 51.6 Å². The molecule has 0 saturated carbocycles. The van der Waals surface area contributed by atoms with E-state index in [1.54, 1.807) is 0 Å². The molecular formula is C24H29N9O. The summed E-state index contributed by atoms with van der Waals surface area (Å²) in [5.74, 6) is 2.03. The van der Waals surface area contributed by atoms with Gasteiger partial charge in [0.1, 0.15) is 5.65 Å². The Morgan fingerprint density at radius 1 is 1.03 bits per heavy atom. The molecule has 0 aromatic carbocycles. The van der Waals surface area contributed by atoms with Gasteiger partial charge in [-0.15, -0.1) is 10.2 Å². The van der Waals surface area contributed by atoms with E-state index in [0.717, 1.165) is 66.7 Å². The number of hydrogen-bond donors (Lipinski definition) is 1. The van der Waals surface area contributed by atoms with E-state index in [2.05, 4.69) is 53.9 Å². The molecule has 2 aliphatic heterocycles. The average molecular weight is 460 g/mol. The number of aromatic nitrogens is 6. The van der Waals surface area contributed by atoms with Crippen LogP contribution in [0.1, 0.15) is 25.3 Å². The first-order valence-electron chi connectivity index (χ1n) is 11.9. The molecule has 0 radical (unpaired) electrons. The third kappa shape index (κ3) is 3.82. The van der Waals surface area contributed by atoms with Crippen LogP contribution in [0.2, 0.25) is 0 Å². The average Bonchev–Trinajstić information content (AvgIpc) is 3.50. The lowest BCUT2D eigenvalue weighted by Crippen LogP contribution is -2.42. The maximum Gasteiger partial charge on any atom is 0.230 e. The van der Waals surface area contributed by atoms with Gasteiger partial charge >= 0.3 is 0 Å². The number of piperidine rings is 1. The molecule has 2 fully saturated rings. The molecule has 10 nitrogen and oxygen atoms in total. The van der Waals surface area contributed by atoms with E-state index in [9.17, 15) is 0 Å². The highest BCUT2D eigenvalue weighted by atomic mass is 16.5. The number of fused-ring (bicyclic) bond motifs is 3. The lowest BCUT2D eigenvalue weighted by molar-refractivity contribution is 0.187. The third-order valence-corrected chi connectivity index (χ3v) is 7.03. The number of nitrogens with zero attached hydrogens (tertiary/aromatic N) is 8. The van der Waals surface area contributed by atoms with E-state index < -0.39 is 0 Å². The quantitative estimate of drug-likeness (QED) is 0.483. The highest BCUT2D eigenvalue weighted by molar-refractivity contribution is 6.06. The maximum absolute atomic E-state index is 5.66. The molecule has 6 heterocycles. The van der Waals surface area contributed by atoms with Crippen LogP contribution in [0.5, 0.6) is 0 Å². The van der Waals surface area contributed by atoms with Crippen LogP contribution < -0.4 is 10.2 Å². The van der Waals surface area contributed by atoms with Crippen molar-refractivity contribution >= 4 is 39.5 Å². The molecular weight excluding hydrogens is 430 g/mol. The molecule has 0 unspecified atom stereocenters. The molecule has 176 valence electrons. The Labute approximate surface area is 198 Å². The number of hydrogen-bond acceptors (Lipinski definition) is 9. The summed E-state index contributed by atoms with van der Waals surface area (Å²) in [6.45, 7) is 3.43. The van der Waals surface area contributed by atoms with Gasteiger partial charge in [-0.1, -0.05) is 0 Å². The number of pyridine rings is 1. The van der Waals surface area contributed by atoms with Gasteiger partial charge in [0.05, 0.1) is 24.4 Å². The van der Waals surface area contributed by atoms with Gasteiger partial charge in [-0.2, -0.15) is 4.98 Å². The van der Waals surface area contributed by atoms with Crippen molar-refractivity contribution in [1.29, 1.82) is 0 Å². The first-order chi connectivity index (χ1) is 16.7. The second-order valence-corrected chi connectivity index (χ2v) is 9.29. The molecule has 1 N–H and O–H groups in total. The van der Waals surface area contributed by atoms with Crippen molar-refractivity contribution in [3.8, 4) is 0 Å². The fraction of sp³-hybridized carbons (Fsp3) is 0.458. The summed E-state index contributed by atoms with van der Waals surface area (Å²) in [6, 6.07) is 6.86. The molecule has 34 heavy (non-hydrogen) atoms. The Kier molecular flexibility index (Phi) is 5.46. The van der Waals surface area contributed by atoms with Crippen LogP contribution in [0.3, 0.4) is 0 Å². The molecule has 0 aliphatic carbocycles. The topological polar surface area (TPSA) is 97.1 Å². The number of anilines is 3. The molecule has 6 rings (SSSR count). The van der Waals surface area contributed by atoms with E-state index >= 15 is 0 Å². The minimum atomic E-state index is 0.239. The monoisotopic (exact) mass is 459 g/mol. The number of nitrogens with one attached hydrogen (secondary N) is 1. The van der Waals surface area contributed by atoms with Gasteiger partial charge in [-0.3, -0.25) is 4.98 Å². The summed E-state index contributed by atoms with van der Waals surface area (Å²) in [5.41, 5.74) is 1.94. The maximum atomic E-state index is 5.66. The lowest BCUT2D eigenvalue weighted by atomic mass is 10.0. The van der Waals surface area contributed by atoms with Crippen molar-refractivity contribution in [3.63, 3.8) is 0 Å². The predicted molar refractivity (Wildman–Crippen MR) is 132 cm³/mol. The Morgan fingerprint density at radius 2 is 1.91 bits per heavy atom. The summed E-state index contributed by atoms with van der Waals surface area (Å²) in [6.07, 6.45) is 8.81. The molecule has 10 heteroatoms. The van der Waals surface area contributed by atoms with Gasteiger partial charge in [0, 0.05) is 48.9 Å². The van der Waals surface area contributed by atoms with Gasteiger partial charge < -0.3 is 24.4 Å². The Bertz CT molecular complexity index is 1290. The Balaban J connectivity index is 1.25. The van der Waals surface area contributed by atoms with Crippen LogP contribution in [0.4, 0.5) is 17.6 Å². The van der Waals surface area contributed by atoms with Gasteiger partial charge in [0.15, 0.2) is 11.6 Å². The third-order valence-electron chi connectivity index (χ3n) is 7.03. The molecule has 0 amide bonds. The summed E-state index contributed by atoms with van der Waals surface area (Å²) in [4.78, 5) is 18.4. The fourth-order valence-electron chi connectivity index (χ4n) is 5.11. The highest BCUT2D eigenvalue weighted by Crippen LogP contribution is 2.33. The van der Waals surface area contributed by atoms with Crippen LogP contribution >= 0.6 is 0 Å². The normalized spacial score (nSPS) is 19.5. The second kappa shape index (κ2) is 8.77. The summed E-state index contributed by atoms with van der Waals surface area (Å²) in [5, 5.41) is 14.2. The van der Waals surface area contributed by atoms with Crippen LogP contribution in [0.15, 0.2) is 36.8 Å². The van der Waals surface area contributed by atoms with Crippen LogP contribution in [-0.4, -0.2) is 81.1 Å². The second-order valence-electron chi connectivity index (χ2n) is 9.29. The molecule has 2 aliphatic rings. The molecule has 2 saturated heterocycles. The van der Waals surface area contributed by atoms with Gasteiger partial charge in [-0.25, -0.2) is 4.98 Å². The first kappa shape index (κ1) is 21.2. The summed E-state index contributed by atoms with van der Waals surface area (Å²) >= 11 is 0. The molecule has 1 atom stereocenters. The van der Waals surface area contributed by atoms with Gasteiger partial charge in [0.25, 0.3) is 0 Å². The van der Waals surface area contributed by atoms with Crippen LogP contribution in [0.25, 0.3) is 21.9 Å². The number of ether oxygens (including phenoxy) is 1. The van der Waals surface area contributed by atoms with Crippen molar-refractivity contribution in [2.24, 2.45) is 0 Å². The first-order valence-corrected chi connectivity index (χ1v) is 11.9. The van der Waals surface area contributed by atoms with E-state index in [0.29, 0.717) is 24.4 Å². The van der Waals surface area contributed by atoms with E-state index in [-0.39, 0.29) is 6.04 Å². The van der Waals surface area contributed by atoms with Crippen LogP contribution in [-0.2, 0) is 4.74 Å². The Hall–Kier alpha value is -3.37. The lowest BCUT2D eigenvalue weighted by Gasteiger charge is -2.35. The Morgan fingerprint density at radius 3 is 2.65 bits per heavy atom. The zero-order valence-electron chi connectivity index (χ0n) is 19.6. The van der Waals surface area contributed by atoms with E-state index in [1.165, 1.54) is 0 Å². The number of rotatable bonds is 5. The van der Waals surface area contributed by atoms with Crippen molar-refractivity contribution in [1.82, 2.24) is 34.6 Å². The van der Waals surface area contributed by atoms with Crippen molar-refractivity contribution < 1.29 is 4.74 Å². The van der Waals surface area contributed by atoms with E-state index in [1.807, 2.05) is 36.8 Å². The highest BCUT2D eigenvalue weighted by Gasteiger charge is 2.24. The molecule has 0 bridgehead atoms. The standard InChI is InChI=1S/C24H29N9O/c1-31(2)16-6-10-32(11-7-16)22-4-3-21(29-30-22)27-24-26-13-19-18-5-9-25-14-20(18)33(23(19)28-24)17-8-12-34-15-17/h3-5,9,13-14,16-17H,6-8,10-12,15H2,1-2H3,(H,26,27,28,29)/t17-/m0/s1. The largest absolute Gasteiger partial charge is 0.379 e. The van der Waals surface area contributed by atoms with E-state index in [4.69, 9.17) is 9.72 Å². The SMILES string of the molecule is CN(C)C1CCN(c2ccc(Nc3ncc4c5ccncc5n([C@H]5CCOC5)c4n3)nn2)CC1. The molecule has 0 spiro atoms. The molecule has 4 aromatic heterocycles. The van der Waals surface area contributed by atoms with Gasteiger partial charge in [0.2, 0.25) is 5.95 Å². The summed E-state index contributed by atoms with van der Waals surface area (Å²) in [7, 11) is 4.30. The predicted octanol–water partition coefficient (Wildman–Crippen LogP) is 3.00. The zero-order chi connectivity index (χ0) is 23.1. The minimum absolute atomic E-state index is 0.239. The van der Waals surface area contributed by atoms with Crippen molar-refractivity contribution in [2.75, 3.05) is 50.6 Å². The zero-order valence-corrected chi connectivity index (χ0v) is 19.6. The summed E-state index contributed by atoms with van der Waals surface area (Å²) < 4.78 is 7.90. The smallest absolute Gasteiger partial charge is 0.230 e. The van der Waals surface area contributed by atoms with Crippen molar-refractivity contribution in [2.45, 2.75) is 31.3 Å². The van der Waals surface area contributed by atoms with Crippen LogP contribution in [0, 0.1) is 0 Å². The fourth-order valence-corrected chi connectivity index (χ4v) is 5.11. The molecule has 4 aromatic rings. The van der Waals surface area contributed by atoms with Crippen molar-refractivity contribution in [3.05, 3.63) is 36.8 Å².